The minimum Gasteiger partial charge on any atom is -0.363 e. The maximum absolute atomic E-state index is 14.4. The summed E-state index contributed by atoms with van der Waals surface area (Å²) in [5, 5.41) is 8.91. The number of rotatable bonds is 5. The van der Waals surface area contributed by atoms with Gasteiger partial charge in [-0.3, -0.25) is 0 Å². The molecule has 1 aliphatic heterocycles. The van der Waals surface area contributed by atoms with Gasteiger partial charge in [0.1, 0.15) is 23.3 Å². The van der Waals surface area contributed by atoms with Crippen molar-refractivity contribution < 1.29 is 4.39 Å². The van der Waals surface area contributed by atoms with Gasteiger partial charge in [0.2, 0.25) is 0 Å². The molecule has 1 saturated heterocycles. The minimum atomic E-state index is -0.238. The van der Waals surface area contributed by atoms with Gasteiger partial charge in [-0.25, -0.2) is 19.3 Å². The van der Waals surface area contributed by atoms with Gasteiger partial charge < -0.3 is 15.1 Å². The SMILES string of the molecule is Cc1c(F)ccc2cc([C@H](C)Nc3ccnc4ccnn34)c(N3CCN(c4ccccn4)CC3)nc12. The van der Waals surface area contributed by atoms with E-state index >= 15 is 0 Å². The fourth-order valence-electron chi connectivity index (χ4n) is 4.87. The number of hydrogen-bond acceptors (Lipinski definition) is 7. The summed E-state index contributed by atoms with van der Waals surface area (Å²) in [6.07, 6.45) is 5.33. The summed E-state index contributed by atoms with van der Waals surface area (Å²) < 4.78 is 16.2. The predicted octanol–water partition coefficient (Wildman–Crippen LogP) is 4.62. The zero-order valence-electron chi connectivity index (χ0n) is 20.3. The zero-order chi connectivity index (χ0) is 24.6. The second-order valence-electron chi connectivity index (χ2n) is 9.10. The van der Waals surface area contributed by atoms with Gasteiger partial charge in [-0.2, -0.15) is 9.61 Å². The van der Waals surface area contributed by atoms with E-state index in [0.717, 1.165) is 60.2 Å². The van der Waals surface area contributed by atoms with Crippen molar-refractivity contribution in [2.24, 2.45) is 0 Å². The summed E-state index contributed by atoms with van der Waals surface area (Å²) >= 11 is 0. The van der Waals surface area contributed by atoms with Crippen LogP contribution in [0.25, 0.3) is 16.6 Å². The van der Waals surface area contributed by atoms with E-state index in [-0.39, 0.29) is 11.9 Å². The fraction of sp³-hybridized carbons (Fsp3) is 0.259. The van der Waals surface area contributed by atoms with Crippen LogP contribution in [0.3, 0.4) is 0 Å². The normalized spacial score (nSPS) is 15.0. The van der Waals surface area contributed by atoms with Crippen molar-refractivity contribution >= 4 is 34.0 Å². The highest BCUT2D eigenvalue weighted by Crippen LogP contribution is 2.33. The summed E-state index contributed by atoms with van der Waals surface area (Å²) in [5.74, 6) is 2.47. The van der Waals surface area contributed by atoms with Gasteiger partial charge in [0.05, 0.1) is 17.8 Å². The van der Waals surface area contributed by atoms with Crippen molar-refractivity contribution in [1.82, 2.24) is 24.6 Å². The van der Waals surface area contributed by atoms with E-state index in [9.17, 15) is 4.39 Å². The molecule has 6 rings (SSSR count). The Morgan fingerprint density at radius 1 is 0.917 bits per heavy atom. The number of nitrogens with zero attached hydrogens (tertiary/aromatic N) is 7. The van der Waals surface area contributed by atoms with Gasteiger partial charge in [0.15, 0.2) is 5.65 Å². The minimum absolute atomic E-state index is 0.0779. The summed E-state index contributed by atoms with van der Waals surface area (Å²) in [7, 11) is 0. The molecule has 1 N–H and O–H groups in total. The van der Waals surface area contributed by atoms with Crippen LogP contribution in [0, 0.1) is 12.7 Å². The number of pyridine rings is 2. The summed E-state index contributed by atoms with van der Waals surface area (Å²) in [5.41, 5.74) is 3.10. The van der Waals surface area contributed by atoms with Crippen LogP contribution in [0.2, 0.25) is 0 Å². The van der Waals surface area contributed by atoms with Crippen molar-refractivity contribution in [3.63, 3.8) is 0 Å². The molecule has 182 valence electrons. The molecule has 0 radical (unpaired) electrons. The number of piperazine rings is 1. The predicted molar refractivity (Wildman–Crippen MR) is 140 cm³/mol. The monoisotopic (exact) mass is 482 g/mol. The Balaban J connectivity index is 1.36. The number of aryl methyl sites for hydroxylation is 1. The molecule has 8 nitrogen and oxygen atoms in total. The van der Waals surface area contributed by atoms with Crippen LogP contribution >= 0.6 is 0 Å². The molecule has 0 aliphatic carbocycles. The molecule has 1 atom stereocenters. The van der Waals surface area contributed by atoms with Crippen LogP contribution in [0.1, 0.15) is 24.1 Å². The van der Waals surface area contributed by atoms with E-state index in [1.54, 1.807) is 23.8 Å². The Morgan fingerprint density at radius 2 is 1.75 bits per heavy atom. The first kappa shape index (κ1) is 22.2. The van der Waals surface area contributed by atoms with Gasteiger partial charge in [-0.1, -0.05) is 6.07 Å². The maximum atomic E-state index is 14.4. The summed E-state index contributed by atoms with van der Waals surface area (Å²) in [6.45, 7) is 7.16. The number of benzene rings is 1. The van der Waals surface area contributed by atoms with Crippen LogP contribution in [-0.2, 0) is 0 Å². The number of halogens is 1. The molecule has 0 bridgehead atoms. The molecule has 36 heavy (non-hydrogen) atoms. The first-order chi connectivity index (χ1) is 17.6. The molecule has 5 heterocycles. The average molecular weight is 483 g/mol. The van der Waals surface area contributed by atoms with E-state index in [4.69, 9.17) is 4.98 Å². The van der Waals surface area contributed by atoms with Gasteiger partial charge in [0, 0.05) is 61.2 Å². The van der Waals surface area contributed by atoms with E-state index < -0.39 is 0 Å². The van der Waals surface area contributed by atoms with Crippen LogP contribution in [-0.4, -0.2) is 50.7 Å². The van der Waals surface area contributed by atoms with Crippen molar-refractivity contribution in [1.29, 1.82) is 0 Å². The van der Waals surface area contributed by atoms with Crippen molar-refractivity contribution in [3.05, 3.63) is 84.1 Å². The second kappa shape index (κ2) is 9.07. The lowest BCUT2D eigenvalue weighted by Crippen LogP contribution is -2.47. The molecular weight excluding hydrogens is 455 g/mol. The van der Waals surface area contributed by atoms with Gasteiger partial charge in [-0.15, -0.1) is 0 Å². The van der Waals surface area contributed by atoms with Gasteiger partial charge >= 0.3 is 0 Å². The van der Waals surface area contributed by atoms with Crippen molar-refractivity contribution in [2.45, 2.75) is 19.9 Å². The first-order valence-electron chi connectivity index (χ1n) is 12.1. The smallest absolute Gasteiger partial charge is 0.157 e. The van der Waals surface area contributed by atoms with Gasteiger partial charge in [0.25, 0.3) is 0 Å². The number of fused-ring (bicyclic) bond motifs is 2. The molecule has 0 amide bonds. The number of nitrogens with one attached hydrogen (secondary N) is 1. The van der Waals surface area contributed by atoms with E-state index in [1.807, 2.05) is 42.6 Å². The van der Waals surface area contributed by atoms with Crippen LogP contribution in [0.4, 0.5) is 21.8 Å². The standard InChI is InChI=1S/C27H27FN8/c1-18-22(28)7-6-20-17-21(19(2)32-25-8-11-30-24-9-12-31-36(24)25)27(33-26(18)20)35-15-13-34(14-16-35)23-5-3-4-10-29-23/h3-12,17,19,32H,13-16H2,1-2H3/t19-/m0/s1. The highest BCUT2D eigenvalue weighted by atomic mass is 19.1. The summed E-state index contributed by atoms with van der Waals surface area (Å²) in [6, 6.07) is 15.1. The van der Waals surface area contributed by atoms with Crippen LogP contribution in [0.15, 0.2) is 67.1 Å². The Kier molecular flexibility index (Phi) is 5.59. The Hall–Kier alpha value is -4.27. The molecule has 5 aromatic rings. The molecule has 1 aromatic carbocycles. The topological polar surface area (TPSA) is 74.5 Å². The lowest BCUT2D eigenvalue weighted by Gasteiger charge is -2.37. The zero-order valence-corrected chi connectivity index (χ0v) is 20.3. The number of anilines is 3. The highest BCUT2D eigenvalue weighted by Gasteiger charge is 2.24. The highest BCUT2D eigenvalue weighted by molar-refractivity contribution is 5.85. The Morgan fingerprint density at radius 3 is 2.56 bits per heavy atom. The Labute approximate surface area is 208 Å². The lowest BCUT2D eigenvalue weighted by molar-refractivity contribution is 0.620. The van der Waals surface area contributed by atoms with Crippen molar-refractivity contribution in [2.75, 3.05) is 41.3 Å². The average Bonchev–Trinajstić information content (AvgIpc) is 3.41. The number of hydrogen-bond donors (Lipinski definition) is 1. The third kappa shape index (κ3) is 3.96. The van der Waals surface area contributed by atoms with E-state index in [0.29, 0.717) is 11.1 Å². The molecule has 1 fully saturated rings. The second-order valence-corrected chi connectivity index (χ2v) is 9.10. The summed E-state index contributed by atoms with van der Waals surface area (Å²) in [4.78, 5) is 18.5. The third-order valence-electron chi connectivity index (χ3n) is 6.86. The molecule has 9 heteroatoms. The number of aromatic nitrogens is 5. The lowest BCUT2D eigenvalue weighted by atomic mass is 10.0. The molecular formula is C27H27FN8. The first-order valence-corrected chi connectivity index (χ1v) is 12.1. The quantitative estimate of drug-likeness (QED) is 0.392. The molecule has 4 aromatic heterocycles. The maximum Gasteiger partial charge on any atom is 0.157 e. The third-order valence-corrected chi connectivity index (χ3v) is 6.86. The van der Waals surface area contributed by atoms with Crippen LogP contribution < -0.4 is 15.1 Å². The van der Waals surface area contributed by atoms with E-state index in [2.05, 4.69) is 43.2 Å². The van der Waals surface area contributed by atoms with E-state index in [1.165, 1.54) is 6.07 Å². The van der Waals surface area contributed by atoms with Gasteiger partial charge in [-0.05, 0) is 50.2 Å². The molecule has 0 spiro atoms. The Bertz CT molecular complexity index is 1530. The van der Waals surface area contributed by atoms with Crippen LogP contribution in [0.5, 0.6) is 0 Å². The fourth-order valence-corrected chi connectivity index (χ4v) is 4.87. The largest absolute Gasteiger partial charge is 0.363 e. The molecule has 1 aliphatic rings. The molecule has 0 saturated carbocycles. The molecule has 0 unspecified atom stereocenters. The van der Waals surface area contributed by atoms with Crippen molar-refractivity contribution in [3.8, 4) is 0 Å².